The van der Waals surface area contributed by atoms with Gasteiger partial charge in [-0.1, -0.05) is 39.0 Å². The van der Waals surface area contributed by atoms with Gasteiger partial charge in [0.1, 0.15) is 0 Å². The molecule has 0 aliphatic heterocycles. The number of carboxylic acids is 1. The summed E-state index contributed by atoms with van der Waals surface area (Å²) in [6, 6.07) is 7.33. The molecule has 0 aliphatic rings. The molecule has 0 atom stereocenters. The number of carbonyl (C=O) groups excluding carboxylic acids is 2. The van der Waals surface area contributed by atoms with Crippen LogP contribution >= 0.6 is 0 Å². The van der Waals surface area contributed by atoms with Crippen LogP contribution in [-0.4, -0.2) is 22.8 Å². The van der Waals surface area contributed by atoms with Crippen molar-refractivity contribution in [3.8, 4) is 0 Å². The number of amides is 1. The molecule has 0 saturated carbocycles. The number of nitrogens with one attached hydrogen (secondary N) is 1. The molecule has 0 spiro atoms. The third-order valence-corrected chi connectivity index (χ3v) is 3.03. The molecule has 1 aromatic rings. The molecular weight excluding hydrogens is 270 g/mol. The lowest BCUT2D eigenvalue weighted by molar-refractivity contribution is -0.138. The number of hydrogen-bond acceptors (Lipinski definition) is 3. The van der Waals surface area contributed by atoms with E-state index in [9.17, 15) is 14.4 Å². The zero-order valence-corrected chi connectivity index (χ0v) is 12.6. The lowest BCUT2D eigenvalue weighted by atomic mass is 9.86. The van der Waals surface area contributed by atoms with Crippen LogP contribution in [0.1, 0.15) is 45.6 Å². The fourth-order valence-electron chi connectivity index (χ4n) is 1.95. The summed E-state index contributed by atoms with van der Waals surface area (Å²) in [6.07, 6.45) is -0.00405. The smallest absolute Gasteiger partial charge is 0.303 e. The Labute approximate surface area is 124 Å². The predicted octanol–water partition coefficient (Wildman–Crippen LogP) is 2.75. The fraction of sp³-hybridized carbons (Fsp3) is 0.438. The summed E-state index contributed by atoms with van der Waals surface area (Å²) in [5.41, 5.74) is 1.40. The number of hydrogen-bond donors (Lipinski definition) is 2. The summed E-state index contributed by atoms with van der Waals surface area (Å²) in [5, 5.41) is 11.1. The van der Waals surface area contributed by atoms with Crippen molar-refractivity contribution in [2.45, 2.75) is 45.4 Å². The Bertz CT molecular complexity index is 543. The molecule has 0 aliphatic carbocycles. The Hall–Kier alpha value is -2.17. The molecule has 1 aromatic carbocycles. The summed E-state index contributed by atoms with van der Waals surface area (Å²) in [7, 11) is 0. The zero-order valence-electron chi connectivity index (χ0n) is 12.6. The molecule has 0 unspecified atom stereocenters. The number of ketones is 1. The lowest BCUT2D eigenvalue weighted by Gasteiger charge is -2.22. The van der Waals surface area contributed by atoms with E-state index in [0.29, 0.717) is 5.69 Å². The molecule has 0 radical (unpaired) electrons. The Balaban J connectivity index is 2.71. The topological polar surface area (TPSA) is 83.5 Å². The fourth-order valence-corrected chi connectivity index (χ4v) is 1.95. The molecule has 0 fully saturated rings. The third-order valence-electron chi connectivity index (χ3n) is 3.03. The van der Waals surface area contributed by atoms with Crippen molar-refractivity contribution in [3.05, 3.63) is 29.8 Å². The molecule has 114 valence electrons. The van der Waals surface area contributed by atoms with Crippen LogP contribution < -0.4 is 5.32 Å². The summed E-state index contributed by atoms with van der Waals surface area (Å²) in [4.78, 5) is 33.9. The van der Waals surface area contributed by atoms with Gasteiger partial charge in [-0.2, -0.15) is 0 Å². The molecule has 21 heavy (non-hydrogen) atoms. The Morgan fingerprint density at radius 1 is 1.10 bits per heavy atom. The number of anilines is 1. The Morgan fingerprint density at radius 3 is 2.29 bits per heavy atom. The highest BCUT2D eigenvalue weighted by Crippen LogP contribution is 2.29. The van der Waals surface area contributed by atoms with Crippen molar-refractivity contribution in [1.29, 1.82) is 0 Å². The number of Topliss-reactive ketones (excluding diaryl/α,β-unsaturated/α-hetero) is 1. The van der Waals surface area contributed by atoms with E-state index >= 15 is 0 Å². The molecule has 1 rings (SSSR count). The zero-order chi connectivity index (χ0) is 16.0. The Kier molecular flexibility index (Phi) is 5.64. The normalized spacial score (nSPS) is 11.0. The van der Waals surface area contributed by atoms with Crippen LogP contribution in [0.4, 0.5) is 5.69 Å². The first-order chi connectivity index (χ1) is 9.71. The first-order valence-electron chi connectivity index (χ1n) is 6.87. The van der Waals surface area contributed by atoms with Gasteiger partial charge in [-0.25, -0.2) is 0 Å². The quantitative estimate of drug-likeness (QED) is 0.789. The number of carboxylic acid groups (broad SMARTS) is 1. The van der Waals surface area contributed by atoms with Crippen LogP contribution in [0.3, 0.4) is 0 Å². The van der Waals surface area contributed by atoms with Gasteiger partial charge in [0.25, 0.3) is 5.91 Å². The average molecular weight is 291 g/mol. The van der Waals surface area contributed by atoms with Crippen molar-refractivity contribution in [1.82, 2.24) is 0 Å². The van der Waals surface area contributed by atoms with Gasteiger partial charge in [0.15, 0.2) is 0 Å². The first-order valence-corrected chi connectivity index (χ1v) is 6.87. The van der Waals surface area contributed by atoms with Gasteiger partial charge in [0.2, 0.25) is 5.78 Å². The maximum absolute atomic E-state index is 11.9. The standard InChI is InChI=1S/C16H21NO4/c1-16(2,3)11-7-4-5-8-12(11)17-15(21)13(18)9-6-10-14(19)20/h4-5,7-8H,6,9-10H2,1-3H3,(H,17,21)(H,19,20). The van der Waals surface area contributed by atoms with Crippen LogP contribution in [0.15, 0.2) is 24.3 Å². The van der Waals surface area contributed by atoms with Crippen LogP contribution in [0.2, 0.25) is 0 Å². The second-order valence-corrected chi connectivity index (χ2v) is 5.92. The van der Waals surface area contributed by atoms with Gasteiger partial charge in [0, 0.05) is 18.5 Å². The highest BCUT2D eigenvalue weighted by Gasteiger charge is 2.20. The Morgan fingerprint density at radius 2 is 1.71 bits per heavy atom. The largest absolute Gasteiger partial charge is 0.481 e. The molecule has 0 heterocycles. The van der Waals surface area contributed by atoms with Gasteiger partial charge < -0.3 is 10.4 Å². The number of para-hydroxylation sites is 1. The number of benzene rings is 1. The molecule has 0 saturated heterocycles. The van der Waals surface area contributed by atoms with E-state index in [1.807, 2.05) is 32.9 Å². The minimum Gasteiger partial charge on any atom is -0.481 e. The van der Waals surface area contributed by atoms with E-state index in [4.69, 9.17) is 5.11 Å². The third kappa shape index (κ3) is 5.38. The monoisotopic (exact) mass is 291 g/mol. The highest BCUT2D eigenvalue weighted by atomic mass is 16.4. The van der Waals surface area contributed by atoms with E-state index < -0.39 is 17.7 Å². The second kappa shape index (κ2) is 7.02. The number of carbonyl (C=O) groups is 3. The van der Waals surface area contributed by atoms with Crippen molar-refractivity contribution >= 4 is 23.3 Å². The number of rotatable bonds is 6. The molecule has 0 aromatic heterocycles. The minimum absolute atomic E-state index is 0.0597. The highest BCUT2D eigenvalue weighted by molar-refractivity contribution is 6.40. The molecule has 5 heteroatoms. The van der Waals surface area contributed by atoms with E-state index in [-0.39, 0.29) is 24.7 Å². The maximum Gasteiger partial charge on any atom is 0.303 e. The minimum atomic E-state index is -0.971. The predicted molar refractivity (Wildman–Crippen MR) is 80.3 cm³/mol. The van der Waals surface area contributed by atoms with Gasteiger partial charge >= 0.3 is 5.97 Å². The summed E-state index contributed by atoms with van der Waals surface area (Å²) in [6.45, 7) is 6.06. The first kappa shape index (κ1) is 16.9. The average Bonchev–Trinajstić information content (AvgIpc) is 2.37. The van der Waals surface area contributed by atoms with E-state index in [0.717, 1.165) is 5.56 Å². The summed E-state index contributed by atoms with van der Waals surface area (Å²) >= 11 is 0. The van der Waals surface area contributed by atoms with Crippen LogP contribution in [0.25, 0.3) is 0 Å². The molecule has 5 nitrogen and oxygen atoms in total. The van der Waals surface area contributed by atoms with Crippen LogP contribution in [0.5, 0.6) is 0 Å². The summed E-state index contributed by atoms with van der Waals surface area (Å²) in [5.74, 6) is -2.27. The summed E-state index contributed by atoms with van der Waals surface area (Å²) < 4.78 is 0. The second-order valence-electron chi connectivity index (χ2n) is 5.92. The van der Waals surface area contributed by atoms with Crippen molar-refractivity contribution in [2.24, 2.45) is 0 Å². The molecule has 0 bridgehead atoms. The van der Waals surface area contributed by atoms with Crippen molar-refractivity contribution in [3.63, 3.8) is 0 Å². The van der Waals surface area contributed by atoms with Crippen LogP contribution in [-0.2, 0) is 19.8 Å². The van der Waals surface area contributed by atoms with E-state index in [2.05, 4.69) is 5.32 Å². The van der Waals surface area contributed by atoms with Crippen molar-refractivity contribution in [2.75, 3.05) is 5.32 Å². The van der Waals surface area contributed by atoms with E-state index in [1.165, 1.54) is 0 Å². The SMILES string of the molecule is CC(C)(C)c1ccccc1NC(=O)C(=O)CCCC(=O)O. The molecular formula is C16H21NO4. The lowest BCUT2D eigenvalue weighted by Crippen LogP contribution is -2.25. The van der Waals surface area contributed by atoms with Gasteiger partial charge in [-0.05, 0) is 23.5 Å². The van der Waals surface area contributed by atoms with Gasteiger partial charge in [-0.15, -0.1) is 0 Å². The number of aliphatic carboxylic acids is 1. The van der Waals surface area contributed by atoms with Gasteiger partial charge in [-0.3, -0.25) is 14.4 Å². The maximum atomic E-state index is 11.9. The van der Waals surface area contributed by atoms with E-state index in [1.54, 1.807) is 12.1 Å². The molecule has 2 N–H and O–H groups in total. The molecule has 1 amide bonds. The van der Waals surface area contributed by atoms with Crippen LogP contribution in [0, 0.1) is 0 Å². The van der Waals surface area contributed by atoms with Crippen molar-refractivity contribution < 1.29 is 19.5 Å². The van der Waals surface area contributed by atoms with Gasteiger partial charge in [0.05, 0.1) is 0 Å².